The monoisotopic (exact) mass is 348 g/mol. The van der Waals surface area contributed by atoms with Crippen molar-refractivity contribution in [1.82, 2.24) is 15.1 Å². The molecule has 1 aliphatic carbocycles. The number of nitrogens with one attached hydrogen (secondary N) is 1. The van der Waals surface area contributed by atoms with Crippen LogP contribution in [0.4, 0.5) is 8.78 Å². The zero-order valence-electron chi connectivity index (χ0n) is 13.9. The Balaban J connectivity index is 2.01. The van der Waals surface area contributed by atoms with Gasteiger partial charge in [0.15, 0.2) is 17.3 Å². The molecule has 8 heteroatoms. The van der Waals surface area contributed by atoms with Gasteiger partial charge in [-0.05, 0) is 45.2 Å². The number of primary amides is 1. The fourth-order valence-electron chi connectivity index (χ4n) is 2.85. The molecule has 1 aromatic carbocycles. The Labute approximate surface area is 143 Å². The third-order valence-corrected chi connectivity index (χ3v) is 4.34. The molecule has 0 radical (unpaired) electrons. The van der Waals surface area contributed by atoms with Gasteiger partial charge in [-0.3, -0.25) is 9.59 Å². The Morgan fingerprint density at radius 1 is 1.24 bits per heavy atom. The topological polar surface area (TPSA) is 90.0 Å². The van der Waals surface area contributed by atoms with Crippen LogP contribution in [0.3, 0.4) is 0 Å². The van der Waals surface area contributed by atoms with Gasteiger partial charge < -0.3 is 11.1 Å². The number of carbonyl (C=O) groups is 2. The smallest absolute Gasteiger partial charge is 0.272 e. The average Bonchev–Trinajstić information content (AvgIpc) is 3.11. The lowest BCUT2D eigenvalue weighted by molar-refractivity contribution is -0.122. The molecule has 0 spiro atoms. The van der Waals surface area contributed by atoms with E-state index < -0.39 is 29.0 Å². The number of rotatable bonds is 4. The number of aromatic nitrogens is 2. The maximum Gasteiger partial charge on any atom is 0.272 e. The summed E-state index contributed by atoms with van der Waals surface area (Å²) in [4.78, 5) is 24.0. The lowest BCUT2D eigenvalue weighted by Gasteiger charge is -2.21. The molecule has 0 saturated carbocycles. The first-order valence-corrected chi connectivity index (χ1v) is 7.89. The minimum absolute atomic E-state index is 0.173. The Morgan fingerprint density at radius 2 is 1.96 bits per heavy atom. The molecule has 3 rings (SSSR count). The third kappa shape index (κ3) is 2.99. The van der Waals surface area contributed by atoms with Gasteiger partial charge in [-0.15, -0.1) is 0 Å². The summed E-state index contributed by atoms with van der Waals surface area (Å²) in [5, 5.41) is 6.84. The van der Waals surface area contributed by atoms with Crippen molar-refractivity contribution in [2.45, 2.75) is 38.6 Å². The summed E-state index contributed by atoms with van der Waals surface area (Å²) in [7, 11) is 0. The highest BCUT2D eigenvalue weighted by atomic mass is 19.2. The second-order valence-corrected chi connectivity index (χ2v) is 6.58. The Hall–Kier alpha value is -2.77. The van der Waals surface area contributed by atoms with E-state index in [1.165, 1.54) is 24.6 Å². The van der Waals surface area contributed by atoms with Crippen molar-refractivity contribution in [3.8, 4) is 5.69 Å². The number of fused-ring (bicyclic) bond motifs is 1. The third-order valence-electron chi connectivity index (χ3n) is 4.34. The number of amides is 2. The summed E-state index contributed by atoms with van der Waals surface area (Å²) >= 11 is 0. The minimum atomic E-state index is -1.23. The second kappa shape index (κ2) is 5.94. The number of nitrogens with zero attached hydrogens (tertiary/aromatic N) is 2. The molecule has 0 saturated heterocycles. The summed E-state index contributed by atoms with van der Waals surface area (Å²) in [5.41, 5.74) is 6.10. The number of carbonyl (C=O) groups excluding carboxylic acids is 2. The molecule has 0 unspecified atom stereocenters. The zero-order valence-corrected chi connectivity index (χ0v) is 13.9. The zero-order chi connectivity index (χ0) is 18.4. The normalized spacial score (nSPS) is 13.6. The molecule has 1 aromatic heterocycles. The van der Waals surface area contributed by atoms with Crippen molar-refractivity contribution in [1.29, 1.82) is 0 Å². The maximum absolute atomic E-state index is 13.5. The van der Waals surface area contributed by atoms with Crippen molar-refractivity contribution in [2.75, 3.05) is 0 Å². The molecule has 3 N–H and O–H groups in total. The van der Waals surface area contributed by atoms with Gasteiger partial charge in [0.1, 0.15) is 5.54 Å². The van der Waals surface area contributed by atoms with Crippen molar-refractivity contribution >= 4 is 11.8 Å². The van der Waals surface area contributed by atoms with Crippen LogP contribution < -0.4 is 11.1 Å². The lowest BCUT2D eigenvalue weighted by Crippen LogP contribution is -2.53. The van der Waals surface area contributed by atoms with Gasteiger partial charge in [0.2, 0.25) is 5.91 Å². The lowest BCUT2D eigenvalue weighted by atomic mass is 10.0. The van der Waals surface area contributed by atoms with Crippen LogP contribution >= 0.6 is 0 Å². The van der Waals surface area contributed by atoms with Crippen LogP contribution in [0.1, 0.15) is 42.0 Å². The number of hydrogen-bond donors (Lipinski definition) is 2. The summed E-state index contributed by atoms with van der Waals surface area (Å²) in [5.74, 6) is -3.13. The molecule has 132 valence electrons. The molecule has 0 aliphatic heterocycles. The largest absolute Gasteiger partial charge is 0.368 e. The number of nitrogens with two attached hydrogens (primary N) is 1. The molecule has 0 bridgehead atoms. The molecule has 1 heterocycles. The standard InChI is InChI=1S/C17H18F2N4O2/c1-17(2,16(20)25)21-15(24)14-10-4-3-5-13(10)23(22-14)9-6-7-11(18)12(19)8-9/h6-8H,3-5H2,1-2H3,(H2,20,25)(H,21,24). The molecule has 2 aromatic rings. The Bertz CT molecular complexity index is 874. The molecular weight excluding hydrogens is 330 g/mol. The van der Waals surface area contributed by atoms with E-state index in [2.05, 4.69) is 10.4 Å². The number of hydrogen-bond acceptors (Lipinski definition) is 3. The first-order valence-electron chi connectivity index (χ1n) is 7.89. The summed E-state index contributed by atoms with van der Waals surface area (Å²) in [6.45, 7) is 3.00. The Kier molecular flexibility index (Phi) is 4.06. The molecular formula is C17H18F2N4O2. The van der Waals surface area contributed by atoms with Crippen LogP contribution in [-0.4, -0.2) is 27.1 Å². The van der Waals surface area contributed by atoms with E-state index >= 15 is 0 Å². The molecule has 2 amide bonds. The van der Waals surface area contributed by atoms with Crippen LogP contribution in [0.5, 0.6) is 0 Å². The van der Waals surface area contributed by atoms with Crippen molar-refractivity contribution in [3.05, 3.63) is 46.8 Å². The predicted molar refractivity (Wildman–Crippen MR) is 86.2 cm³/mol. The first kappa shape index (κ1) is 17.1. The van der Waals surface area contributed by atoms with Crippen molar-refractivity contribution in [2.24, 2.45) is 5.73 Å². The van der Waals surface area contributed by atoms with Gasteiger partial charge in [-0.25, -0.2) is 13.5 Å². The van der Waals surface area contributed by atoms with E-state index in [-0.39, 0.29) is 5.69 Å². The van der Waals surface area contributed by atoms with Gasteiger partial charge >= 0.3 is 0 Å². The molecule has 0 atom stereocenters. The summed E-state index contributed by atoms with van der Waals surface area (Å²) in [6.07, 6.45) is 2.16. The molecule has 25 heavy (non-hydrogen) atoms. The molecule has 1 aliphatic rings. The fourth-order valence-corrected chi connectivity index (χ4v) is 2.85. The van der Waals surface area contributed by atoms with E-state index in [9.17, 15) is 18.4 Å². The van der Waals surface area contributed by atoms with Gasteiger partial charge in [0.25, 0.3) is 5.91 Å². The van der Waals surface area contributed by atoms with E-state index in [0.29, 0.717) is 18.5 Å². The van der Waals surface area contributed by atoms with E-state index in [0.717, 1.165) is 29.8 Å². The van der Waals surface area contributed by atoms with E-state index in [4.69, 9.17) is 5.73 Å². The minimum Gasteiger partial charge on any atom is -0.368 e. The fraction of sp³-hybridized carbons (Fsp3) is 0.353. The maximum atomic E-state index is 13.5. The number of halogens is 2. The average molecular weight is 348 g/mol. The summed E-state index contributed by atoms with van der Waals surface area (Å²) in [6, 6.07) is 3.46. The van der Waals surface area contributed by atoms with Crippen molar-refractivity contribution in [3.63, 3.8) is 0 Å². The van der Waals surface area contributed by atoms with Crippen LogP contribution in [0.2, 0.25) is 0 Å². The predicted octanol–water partition coefficient (Wildman–Crippen LogP) is 1.63. The highest BCUT2D eigenvalue weighted by Gasteiger charge is 2.32. The number of benzene rings is 1. The van der Waals surface area contributed by atoms with Crippen LogP contribution in [0, 0.1) is 11.6 Å². The van der Waals surface area contributed by atoms with Crippen LogP contribution in [0.25, 0.3) is 5.69 Å². The van der Waals surface area contributed by atoms with E-state index in [1.54, 1.807) is 0 Å². The van der Waals surface area contributed by atoms with Gasteiger partial charge in [0.05, 0.1) is 5.69 Å². The van der Waals surface area contributed by atoms with Gasteiger partial charge in [-0.2, -0.15) is 5.10 Å². The van der Waals surface area contributed by atoms with Crippen LogP contribution in [-0.2, 0) is 17.6 Å². The highest BCUT2D eigenvalue weighted by molar-refractivity contribution is 5.98. The quantitative estimate of drug-likeness (QED) is 0.880. The van der Waals surface area contributed by atoms with Crippen molar-refractivity contribution < 1.29 is 18.4 Å². The molecule has 0 fully saturated rings. The Morgan fingerprint density at radius 3 is 2.60 bits per heavy atom. The van der Waals surface area contributed by atoms with Crippen LogP contribution in [0.15, 0.2) is 18.2 Å². The van der Waals surface area contributed by atoms with E-state index in [1.807, 2.05) is 0 Å². The summed E-state index contributed by atoms with van der Waals surface area (Å²) < 4.78 is 28.2. The molecule has 6 nitrogen and oxygen atoms in total. The second-order valence-electron chi connectivity index (χ2n) is 6.58. The SMILES string of the molecule is CC(C)(NC(=O)c1nn(-c2ccc(F)c(F)c2)c2c1CCC2)C(N)=O. The first-order chi connectivity index (χ1) is 11.7. The highest BCUT2D eigenvalue weighted by Crippen LogP contribution is 2.28. The van der Waals surface area contributed by atoms with Gasteiger partial charge in [0, 0.05) is 17.3 Å². The van der Waals surface area contributed by atoms with Gasteiger partial charge in [-0.1, -0.05) is 0 Å².